The molecule has 80 valence electrons. The van der Waals surface area contributed by atoms with E-state index >= 15 is 0 Å². The van der Waals surface area contributed by atoms with Gasteiger partial charge in [0, 0.05) is 25.3 Å². The molecule has 2 N–H and O–H groups in total. The highest BCUT2D eigenvalue weighted by Crippen LogP contribution is 2.28. The minimum Gasteiger partial charge on any atom is -0.367 e. The van der Waals surface area contributed by atoms with E-state index in [9.17, 15) is 4.39 Å². The molecule has 0 atom stereocenters. The van der Waals surface area contributed by atoms with E-state index in [1.54, 1.807) is 6.07 Å². The summed E-state index contributed by atoms with van der Waals surface area (Å²) >= 11 is 0. The summed E-state index contributed by atoms with van der Waals surface area (Å²) in [5.41, 5.74) is 7.63. The maximum Gasteiger partial charge on any atom is 0.125 e. The fourth-order valence-electron chi connectivity index (χ4n) is 1.91. The van der Waals surface area contributed by atoms with Crippen molar-refractivity contribution in [2.75, 3.05) is 24.5 Å². The molecular weight excluding hydrogens is 191 g/mol. The third-order valence-corrected chi connectivity index (χ3v) is 2.67. The van der Waals surface area contributed by atoms with Crippen LogP contribution in [-0.4, -0.2) is 19.6 Å². The van der Waals surface area contributed by atoms with Crippen molar-refractivity contribution in [2.24, 2.45) is 5.73 Å². The van der Waals surface area contributed by atoms with E-state index < -0.39 is 0 Å². The van der Waals surface area contributed by atoms with Crippen molar-refractivity contribution in [2.45, 2.75) is 6.42 Å². The van der Waals surface area contributed by atoms with Gasteiger partial charge in [-0.05, 0) is 24.1 Å². The summed E-state index contributed by atoms with van der Waals surface area (Å²) in [7, 11) is 0. The van der Waals surface area contributed by atoms with E-state index in [1.807, 2.05) is 18.2 Å². The van der Waals surface area contributed by atoms with Crippen LogP contribution in [0.5, 0.6) is 0 Å². The Kier molecular flexibility index (Phi) is 3.02. The van der Waals surface area contributed by atoms with E-state index in [2.05, 4.69) is 4.90 Å². The van der Waals surface area contributed by atoms with Crippen LogP contribution in [0.15, 0.2) is 30.4 Å². The zero-order valence-electron chi connectivity index (χ0n) is 8.62. The normalized spacial score (nSPS) is 14.9. The molecule has 15 heavy (non-hydrogen) atoms. The summed E-state index contributed by atoms with van der Waals surface area (Å²) in [5.74, 6) is -0.163. The summed E-state index contributed by atoms with van der Waals surface area (Å²) < 4.78 is 13.1. The Labute approximate surface area is 89.2 Å². The molecule has 1 aliphatic rings. The van der Waals surface area contributed by atoms with Crippen molar-refractivity contribution in [3.63, 3.8) is 0 Å². The first-order valence-corrected chi connectivity index (χ1v) is 5.19. The van der Waals surface area contributed by atoms with Gasteiger partial charge in [0.2, 0.25) is 0 Å². The second-order valence-electron chi connectivity index (χ2n) is 3.68. The third kappa shape index (κ3) is 2.18. The lowest BCUT2D eigenvalue weighted by molar-refractivity contribution is 0.627. The first-order chi connectivity index (χ1) is 7.31. The van der Waals surface area contributed by atoms with Crippen molar-refractivity contribution in [1.29, 1.82) is 0 Å². The lowest BCUT2D eigenvalue weighted by Crippen LogP contribution is -2.20. The Bertz CT molecular complexity index is 374. The molecule has 1 aromatic rings. The molecule has 0 bridgehead atoms. The fraction of sp³-hybridized carbons (Fsp3) is 0.333. The molecule has 0 unspecified atom stereocenters. The predicted octanol–water partition coefficient (Wildman–Crippen LogP) is 1.70. The molecule has 1 aliphatic heterocycles. The average Bonchev–Trinajstić information content (AvgIpc) is 2.62. The van der Waals surface area contributed by atoms with Gasteiger partial charge in [-0.1, -0.05) is 18.2 Å². The van der Waals surface area contributed by atoms with Gasteiger partial charge in [0.15, 0.2) is 0 Å². The number of nitrogens with zero attached hydrogens (tertiary/aromatic N) is 1. The number of nitrogens with two attached hydrogens (primary N) is 1. The van der Waals surface area contributed by atoms with Crippen LogP contribution in [0.25, 0.3) is 0 Å². The van der Waals surface area contributed by atoms with Crippen molar-refractivity contribution in [3.8, 4) is 0 Å². The van der Waals surface area contributed by atoms with Gasteiger partial charge in [-0.3, -0.25) is 0 Å². The second-order valence-corrected chi connectivity index (χ2v) is 3.68. The number of rotatable bonds is 3. The van der Waals surface area contributed by atoms with Crippen LogP contribution in [0.3, 0.4) is 0 Å². The van der Waals surface area contributed by atoms with E-state index in [4.69, 9.17) is 5.73 Å². The van der Waals surface area contributed by atoms with Crippen LogP contribution in [0.2, 0.25) is 0 Å². The van der Waals surface area contributed by atoms with Crippen molar-refractivity contribution < 1.29 is 4.39 Å². The van der Waals surface area contributed by atoms with Gasteiger partial charge in [0.25, 0.3) is 0 Å². The topological polar surface area (TPSA) is 29.3 Å². The summed E-state index contributed by atoms with van der Waals surface area (Å²) in [5, 5.41) is 0. The monoisotopic (exact) mass is 206 g/mol. The van der Waals surface area contributed by atoms with Crippen LogP contribution in [0.1, 0.15) is 5.56 Å². The number of hydrogen-bond donors (Lipinski definition) is 1. The van der Waals surface area contributed by atoms with Gasteiger partial charge in [0.1, 0.15) is 5.82 Å². The zero-order chi connectivity index (χ0) is 10.7. The van der Waals surface area contributed by atoms with Crippen LogP contribution in [0, 0.1) is 5.82 Å². The highest BCUT2D eigenvalue weighted by atomic mass is 19.1. The van der Waals surface area contributed by atoms with Gasteiger partial charge >= 0.3 is 0 Å². The molecule has 0 saturated carbocycles. The molecule has 0 aliphatic carbocycles. The minimum absolute atomic E-state index is 0.163. The molecular formula is C12H15FN2. The second kappa shape index (κ2) is 4.45. The van der Waals surface area contributed by atoms with E-state index in [-0.39, 0.29) is 5.82 Å². The first kappa shape index (κ1) is 10.2. The summed E-state index contributed by atoms with van der Waals surface area (Å²) in [6.45, 7) is 2.34. The van der Waals surface area contributed by atoms with Crippen molar-refractivity contribution in [1.82, 2.24) is 0 Å². The zero-order valence-corrected chi connectivity index (χ0v) is 8.62. The van der Waals surface area contributed by atoms with E-state index in [0.29, 0.717) is 6.54 Å². The molecule has 2 rings (SSSR count). The Hall–Kier alpha value is -1.35. The molecule has 1 heterocycles. The van der Waals surface area contributed by atoms with Gasteiger partial charge < -0.3 is 10.6 Å². The van der Waals surface area contributed by atoms with Crippen LogP contribution >= 0.6 is 0 Å². The first-order valence-electron chi connectivity index (χ1n) is 5.19. The van der Waals surface area contributed by atoms with Crippen LogP contribution < -0.4 is 10.6 Å². The number of halogens is 1. The number of benzene rings is 1. The van der Waals surface area contributed by atoms with E-state index in [0.717, 1.165) is 25.2 Å². The Morgan fingerprint density at radius 1 is 1.40 bits per heavy atom. The highest BCUT2D eigenvalue weighted by Gasteiger charge is 2.17. The SMILES string of the molecule is NC/C=C/CN1CCc2ccc(F)cc21. The van der Waals surface area contributed by atoms with Crippen LogP contribution in [0.4, 0.5) is 10.1 Å². The molecule has 3 heteroatoms. The Morgan fingerprint density at radius 2 is 2.27 bits per heavy atom. The Balaban J connectivity index is 2.13. The molecule has 0 aromatic heterocycles. The summed E-state index contributed by atoms with van der Waals surface area (Å²) in [6, 6.07) is 5.01. The van der Waals surface area contributed by atoms with Gasteiger partial charge in [-0.25, -0.2) is 4.39 Å². The Morgan fingerprint density at radius 3 is 3.07 bits per heavy atom. The highest BCUT2D eigenvalue weighted by molar-refractivity contribution is 5.58. The lowest BCUT2D eigenvalue weighted by atomic mass is 10.2. The van der Waals surface area contributed by atoms with Crippen molar-refractivity contribution in [3.05, 3.63) is 41.7 Å². The molecule has 0 saturated heterocycles. The molecule has 0 fully saturated rings. The smallest absolute Gasteiger partial charge is 0.125 e. The average molecular weight is 206 g/mol. The lowest BCUT2D eigenvalue weighted by Gasteiger charge is -2.16. The number of fused-ring (bicyclic) bond motifs is 1. The predicted molar refractivity (Wildman–Crippen MR) is 60.5 cm³/mol. The molecule has 2 nitrogen and oxygen atoms in total. The number of hydrogen-bond acceptors (Lipinski definition) is 2. The maximum atomic E-state index is 13.1. The quantitative estimate of drug-likeness (QED) is 0.763. The molecule has 0 radical (unpaired) electrons. The maximum absolute atomic E-state index is 13.1. The summed E-state index contributed by atoms with van der Waals surface area (Å²) in [6.07, 6.45) is 4.96. The molecule has 1 aromatic carbocycles. The van der Waals surface area contributed by atoms with E-state index in [1.165, 1.54) is 11.6 Å². The summed E-state index contributed by atoms with van der Waals surface area (Å²) in [4.78, 5) is 2.17. The van der Waals surface area contributed by atoms with Gasteiger partial charge in [-0.2, -0.15) is 0 Å². The van der Waals surface area contributed by atoms with Gasteiger partial charge in [-0.15, -0.1) is 0 Å². The molecule has 0 amide bonds. The third-order valence-electron chi connectivity index (χ3n) is 2.67. The molecule has 0 spiro atoms. The van der Waals surface area contributed by atoms with Crippen LogP contribution in [-0.2, 0) is 6.42 Å². The standard InChI is InChI=1S/C12H15FN2/c13-11-4-3-10-5-8-15(12(10)9-11)7-2-1-6-14/h1-4,9H,5-8,14H2/b2-1+. The largest absolute Gasteiger partial charge is 0.367 e. The number of anilines is 1. The van der Waals surface area contributed by atoms with Crippen molar-refractivity contribution >= 4 is 5.69 Å². The minimum atomic E-state index is -0.163. The fourth-order valence-corrected chi connectivity index (χ4v) is 1.91. The van der Waals surface area contributed by atoms with Gasteiger partial charge in [0.05, 0.1) is 0 Å².